The Bertz CT molecular complexity index is 1340. The van der Waals surface area contributed by atoms with E-state index in [0.717, 1.165) is 11.3 Å². The van der Waals surface area contributed by atoms with Crippen LogP contribution in [0.1, 0.15) is 47.5 Å². The van der Waals surface area contributed by atoms with Crippen molar-refractivity contribution < 1.29 is 21.9 Å². The summed E-state index contributed by atoms with van der Waals surface area (Å²) in [7, 11) is -3.39. The van der Waals surface area contributed by atoms with Gasteiger partial charge >= 0.3 is 0 Å². The lowest BCUT2D eigenvalue weighted by atomic mass is 9.78. The normalized spacial score (nSPS) is 26.5. The highest BCUT2D eigenvalue weighted by Gasteiger charge is 2.53. The van der Waals surface area contributed by atoms with E-state index in [9.17, 15) is 17.2 Å². The van der Waals surface area contributed by atoms with Crippen molar-refractivity contribution in [1.82, 2.24) is 20.3 Å². The average Bonchev–Trinajstić information content (AvgIpc) is 3.39. The molecule has 0 radical (unpaired) electrons. The molecule has 0 saturated carbocycles. The van der Waals surface area contributed by atoms with Crippen LogP contribution in [-0.4, -0.2) is 42.3 Å². The third kappa shape index (κ3) is 4.28. The lowest BCUT2D eigenvalue weighted by molar-refractivity contribution is -0.183. The summed E-state index contributed by atoms with van der Waals surface area (Å²) in [6.07, 6.45) is 3.85. The van der Waals surface area contributed by atoms with Crippen LogP contribution >= 0.6 is 22.9 Å². The van der Waals surface area contributed by atoms with Gasteiger partial charge in [0.15, 0.2) is 9.84 Å². The fraction of sp³-hybridized carbons (Fsp3) is 0.455. The minimum absolute atomic E-state index is 0.0321. The standard InChI is InChI=1S/C22H23ClF2N4O3S2/c1-13-8-21(20-15(7-19(23)33-20)22(24,25)12-32-21)9-16(26-13)17-11-29(28-27-17)10-14-5-3-4-6-18(14)34(2,30)31/h3-7,11,13,16,26H,8-10,12H2,1-2H3/t13-,16-,21-/m0/s1. The lowest BCUT2D eigenvalue weighted by Gasteiger charge is -2.47. The number of alkyl halides is 2. The number of benzene rings is 1. The third-order valence-electron chi connectivity index (χ3n) is 6.31. The quantitative estimate of drug-likeness (QED) is 0.544. The molecule has 2 aliphatic heterocycles. The van der Waals surface area contributed by atoms with Crippen molar-refractivity contribution in [1.29, 1.82) is 0 Å². The first-order chi connectivity index (χ1) is 16.0. The maximum atomic E-state index is 14.5. The van der Waals surface area contributed by atoms with Crippen LogP contribution in [0.25, 0.3) is 0 Å². The number of nitrogens with one attached hydrogen (secondary N) is 1. The maximum Gasteiger partial charge on any atom is 0.297 e. The second kappa shape index (κ2) is 8.34. The molecule has 1 N–H and O–H groups in total. The molecule has 1 fully saturated rings. The van der Waals surface area contributed by atoms with Crippen molar-refractivity contribution >= 4 is 32.8 Å². The Morgan fingerprint density at radius 1 is 1.32 bits per heavy atom. The first kappa shape index (κ1) is 23.8. The van der Waals surface area contributed by atoms with Crippen molar-refractivity contribution in [2.24, 2.45) is 0 Å². The molecule has 3 aromatic rings. The van der Waals surface area contributed by atoms with Gasteiger partial charge in [-0.3, -0.25) is 0 Å². The molecule has 7 nitrogen and oxygen atoms in total. The predicted octanol–water partition coefficient (Wildman–Crippen LogP) is 4.28. The fourth-order valence-corrected chi connectivity index (χ4v) is 7.30. The number of thiophene rings is 1. The first-order valence-corrected chi connectivity index (χ1v) is 13.8. The summed E-state index contributed by atoms with van der Waals surface area (Å²) in [5.74, 6) is -3.08. The summed E-state index contributed by atoms with van der Waals surface area (Å²) in [5.41, 5.74) is 0.297. The molecule has 4 heterocycles. The molecule has 0 unspecified atom stereocenters. The van der Waals surface area contributed by atoms with Gasteiger partial charge in [0, 0.05) is 29.2 Å². The number of ether oxygens (including phenoxy) is 1. The molecular weight excluding hydrogens is 506 g/mol. The van der Waals surface area contributed by atoms with Crippen LogP contribution in [0.3, 0.4) is 0 Å². The molecule has 182 valence electrons. The second-order valence-electron chi connectivity index (χ2n) is 9.03. The molecule has 1 aromatic carbocycles. The van der Waals surface area contributed by atoms with E-state index in [-0.39, 0.29) is 29.1 Å². The van der Waals surface area contributed by atoms with E-state index in [1.54, 1.807) is 35.1 Å². The molecule has 0 amide bonds. The molecule has 2 aliphatic rings. The molecular formula is C22H23ClF2N4O3S2. The van der Waals surface area contributed by atoms with Gasteiger partial charge in [-0.1, -0.05) is 35.0 Å². The van der Waals surface area contributed by atoms with Crippen molar-refractivity contribution in [2.75, 3.05) is 12.9 Å². The Kier molecular flexibility index (Phi) is 5.84. The van der Waals surface area contributed by atoms with Crippen molar-refractivity contribution in [3.05, 3.63) is 62.6 Å². The van der Waals surface area contributed by atoms with Gasteiger partial charge < -0.3 is 10.1 Å². The molecule has 12 heteroatoms. The number of hydrogen-bond acceptors (Lipinski definition) is 7. The molecule has 2 aromatic heterocycles. The molecule has 34 heavy (non-hydrogen) atoms. The molecule has 1 spiro atoms. The second-order valence-corrected chi connectivity index (χ2v) is 12.7. The molecule has 3 atom stereocenters. The fourth-order valence-electron chi connectivity index (χ4n) is 4.93. The smallest absolute Gasteiger partial charge is 0.297 e. The highest BCUT2D eigenvalue weighted by Crippen LogP contribution is 2.54. The van der Waals surface area contributed by atoms with Gasteiger partial charge in [-0.15, -0.1) is 16.4 Å². The van der Waals surface area contributed by atoms with Gasteiger partial charge in [-0.25, -0.2) is 13.1 Å². The zero-order valence-corrected chi connectivity index (χ0v) is 20.9. The number of aromatic nitrogens is 3. The van der Waals surface area contributed by atoms with E-state index in [4.69, 9.17) is 16.3 Å². The zero-order valence-electron chi connectivity index (χ0n) is 18.5. The van der Waals surface area contributed by atoms with Crippen LogP contribution in [0.15, 0.2) is 41.4 Å². The molecule has 0 bridgehead atoms. The van der Waals surface area contributed by atoms with E-state index < -0.39 is 28.0 Å². The number of halogens is 3. The highest BCUT2D eigenvalue weighted by atomic mass is 35.5. The Morgan fingerprint density at radius 2 is 2.09 bits per heavy atom. The van der Waals surface area contributed by atoms with Crippen LogP contribution in [0.4, 0.5) is 8.78 Å². The molecule has 0 aliphatic carbocycles. The van der Waals surface area contributed by atoms with Crippen molar-refractivity contribution in [2.45, 2.75) is 54.8 Å². The Balaban J connectivity index is 1.44. The minimum atomic E-state index is -3.39. The van der Waals surface area contributed by atoms with E-state index in [1.807, 2.05) is 6.92 Å². The van der Waals surface area contributed by atoms with E-state index in [0.29, 0.717) is 33.3 Å². The van der Waals surface area contributed by atoms with Crippen LogP contribution in [0, 0.1) is 0 Å². The molecule has 1 saturated heterocycles. The predicted molar refractivity (Wildman–Crippen MR) is 124 cm³/mol. The Morgan fingerprint density at radius 3 is 2.85 bits per heavy atom. The monoisotopic (exact) mass is 528 g/mol. The number of fused-ring (bicyclic) bond motifs is 2. The van der Waals surface area contributed by atoms with E-state index >= 15 is 0 Å². The summed E-state index contributed by atoms with van der Waals surface area (Å²) in [4.78, 5) is 0.718. The van der Waals surface area contributed by atoms with Gasteiger partial charge in [0.05, 0.1) is 33.7 Å². The van der Waals surface area contributed by atoms with Crippen LogP contribution in [0.2, 0.25) is 4.34 Å². The summed E-state index contributed by atoms with van der Waals surface area (Å²) < 4.78 is 61.1. The summed E-state index contributed by atoms with van der Waals surface area (Å²) in [5, 5.41) is 12.0. The van der Waals surface area contributed by atoms with Gasteiger partial charge in [0.25, 0.3) is 5.92 Å². The topological polar surface area (TPSA) is 86.1 Å². The summed E-state index contributed by atoms with van der Waals surface area (Å²) in [6.45, 7) is 1.52. The zero-order chi connectivity index (χ0) is 24.3. The number of rotatable bonds is 4. The molecule has 5 rings (SSSR count). The SMILES string of the molecule is C[C@H]1C[C@@]2(C[C@@H](c3cn(Cc4ccccc4S(C)(=O)=O)nn3)N1)OCC(F)(F)c1cc(Cl)sc12. The largest absolute Gasteiger partial charge is 0.363 e. The van der Waals surface area contributed by atoms with Gasteiger partial charge in [-0.2, -0.15) is 8.78 Å². The Hall–Kier alpha value is -1.92. The van der Waals surface area contributed by atoms with E-state index in [2.05, 4.69) is 15.6 Å². The van der Waals surface area contributed by atoms with Crippen LogP contribution in [0.5, 0.6) is 0 Å². The number of nitrogens with zero attached hydrogens (tertiary/aromatic N) is 3. The lowest BCUT2D eigenvalue weighted by Crippen LogP contribution is -2.51. The maximum absolute atomic E-state index is 14.5. The summed E-state index contributed by atoms with van der Waals surface area (Å²) in [6, 6.07) is 7.79. The Labute approximate surface area is 205 Å². The third-order valence-corrected chi connectivity index (χ3v) is 8.96. The number of hydrogen-bond donors (Lipinski definition) is 1. The summed E-state index contributed by atoms with van der Waals surface area (Å²) >= 11 is 7.28. The highest BCUT2D eigenvalue weighted by molar-refractivity contribution is 7.90. The van der Waals surface area contributed by atoms with E-state index in [1.165, 1.54) is 12.3 Å². The van der Waals surface area contributed by atoms with Crippen LogP contribution < -0.4 is 5.32 Å². The average molecular weight is 529 g/mol. The van der Waals surface area contributed by atoms with Gasteiger partial charge in [0.1, 0.15) is 12.2 Å². The van der Waals surface area contributed by atoms with Crippen LogP contribution in [-0.2, 0) is 32.6 Å². The minimum Gasteiger partial charge on any atom is -0.363 e. The van der Waals surface area contributed by atoms with Gasteiger partial charge in [-0.05, 0) is 31.0 Å². The van der Waals surface area contributed by atoms with Gasteiger partial charge in [0.2, 0.25) is 0 Å². The van der Waals surface area contributed by atoms with Crippen molar-refractivity contribution in [3.63, 3.8) is 0 Å². The first-order valence-electron chi connectivity index (χ1n) is 10.7. The number of sulfone groups is 1. The van der Waals surface area contributed by atoms with Crippen molar-refractivity contribution in [3.8, 4) is 0 Å². The number of piperidine rings is 1.